The number of rotatable bonds is 4. The van der Waals surface area contributed by atoms with Crippen molar-refractivity contribution >= 4 is 11.8 Å². The van der Waals surface area contributed by atoms with Gasteiger partial charge in [0.25, 0.3) is 5.78 Å². The van der Waals surface area contributed by atoms with Gasteiger partial charge in [-0.25, -0.2) is 4.79 Å². The molecule has 0 aliphatic heterocycles. The molecule has 0 atom stereocenters. The van der Waals surface area contributed by atoms with Crippen LogP contribution in [0.4, 0.5) is 13.2 Å². The van der Waals surface area contributed by atoms with Crippen LogP contribution in [0.25, 0.3) is 0 Å². The topological polar surface area (TPSA) is 52.6 Å². The minimum Gasteiger partial charge on any atom is -0.484 e. The van der Waals surface area contributed by atoms with Crippen molar-refractivity contribution in [2.24, 2.45) is 0 Å². The number of carbonyl (C=O) groups excluding carboxylic acids is 2. The molecule has 0 unspecified atom stereocenters. The van der Waals surface area contributed by atoms with Crippen molar-refractivity contribution in [3.05, 3.63) is 29.8 Å². The normalized spacial score (nSPS) is 10.9. The van der Waals surface area contributed by atoms with Gasteiger partial charge in [0.05, 0.1) is 7.11 Å². The summed E-state index contributed by atoms with van der Waals surface area (Å²) in [6.45, 7) is -1.42. The lowest BCUT2D eigenvalue weighted by molar-refractivity contribution is -0.153. The molecule has 7 heteroatoms. The Morgan fingerprint density at radius 2 is 1.72 bits per heavy atom. The quantitative estimate of drug-likeness (QED) is 0.473. The molecular formula is C11H9F3O4. The van der Waals surface area contributed by atoms with Crippen LogP contribution in [0.3, 0.4) is 0 Å². The molecule has 0 saturated heterocycles. The first kappa shape index (κ1) is 14.0. The number of esters is 1. The van der Waals surface area contributed by atoms with E-state index in [1.807, 2.05) is 0 Å². The number of ether oxygens (including phenoxy) is 2. The second kappa shape index (κ2) is 5.52. The first-order chi connectivity index (χ1) is 8.33. The lowest BCUT2D eigenvalue weighted by Crippen LogP contribution is -2.19. The average molecular weight is 262 g/mol. The molecule has 4 nitrogen and oxygen atoms in total. The van der Waals surface area contributed by atoms with E-state index in [1.54, 1.807) is 0 Å². The molecule has 98 valence electrons. The highest BCUT2D eigenvalue weighted by Crippen LogP contribution is 2.19. The molecule has 0 heterocycles. The summed E-state index contributed by atoms with van der Waals surface area (Å²) < 4.78 is 44.2. The number of benzene rings is 1. The third-order valence-electron chi connectivity index (χ3n) is 1.89. The highest BCUT2D eigenvalue weighted by molar-refractivity contribution is 6.40. The summed E-state index contributed by atoms with van der Waals surface area (Å²) in [7, 11) is 1.06. The van der Waals surface area contributed by atoms with Gasteiger partial charge in [-0.05, 0) is 24.3 Å². The molecule has 0 fully saturated rings. The standard InChI is InChI=1S/C11H9F3O4/c1-17-10(16)9(15)7-2-4-8(5-3-7)18-6-11(12,13)14/h2-5H,6H2,1H3. The van der Waals surface area contributed by atoms with Gasteiger partial charge in [0.15, 0.2) is 6.61 Å². The van der Waals surface area contributed by atoms with Gasteiger partial charge in [0.2, 0.25) is 0 Å². The Balaban J connectivity index is 2.69. The third kappa shape index (κ3) is 4.08. The van der Waals surface area contributed by atoms with E-state index in [4.69, 9.17) is 0 Å². The van der Waals surface area contributed by atoms with Gasteiger partial charge in [-0.1, -0.05) is 0 Å². The fourth-order valence-electron chi connectivity index (χ4n) is 1.08. The lowest BCUT2D eigenvalue weighted by Gasteiger charge is -2.09. The SMILES string of the molecule is COC(=O)C(=O)c1ccc(OCC(F)(F)F)cc1. The molecule has 0 amide bonds. The predicted octanol–water partition coefficient (Wildman–Crippen LogP) is 1.98. The van der Waals surface area contributed by atoms with Crippen molar-refractivity contribution in [2.45, 2.75) is 6.18 Å². The van der Waals surface area contributed by atoms with Crippen LogP contribution < -0.4 is 4.74 Å². The second-order valence-electron chi connectivity index (χ2n) is 3.25. The summed E-state index contributed by atoms with van der Waals surface area (Å²) in [6.07, 6.45) is -4.43. The van der Waals surface area contributed by atoms with Crippen LogP contribution in [0.5, 0.6) is 5.75 Å². The van der Waals surface area contributed by atoms with E-state index in [1.165, 1.54) is 24.3 Å². The Kier molecular flexibility index (Phi) is 4.30. The molecule has 0 N–H and O–H groups in total. The molecule has 1 rings (SSSR count). The number of ketones is 1. The van der Waals surface area contributed by atoms with Crippen LogP contribution in [0.1, 0.15) is 10.4 Å². The van der Waals surface area contributed by atoms with Crippen LogP contribution in [0.15, 0.2) is 24.3 Å². The van der Waals surface area contributed by atoms with Crippen molar-refractivity contribution < 1.29 is 32.2 Å². The summed E-state index contributed by atoms with van der Waals surface area (Å²) in [5, 5.41) is 0. The highest BCUT2D eigenvalue weighted by Gasteiger charge is 2.28. The van der Waals surface area contributed by atoms with Crippen LogP contribution in [-0.4, -0.2) is 31.6 Å². The minimum atomic E-state index is -4.43. The van der Waals surface area contributed by atoms with E-state index in [0.717, 1.165) is 7.11 Å². The largest absolute Gasteiger partial charge is 0.484 e. The number of hydrogen-bond acceptors (Lipinski definition) is 4. The number of Topliss-reactive ketones (excluding diaryl/α,β-unsaturated/α-hetero) is 1. The second-order valence-corrected chi connectivity index (χ2v) is 3.25. The number of halogens is 3. The van der Waals surface area contributed by atoms with Crippen LogP contribution in [0.2, 0.25) is 0 Å². The molecule has 0 bridgehead atoms. The Morgan fingerprint density at radius 3 is 2.17 bits per heavy atom. The van der Waals surface area contributed by atoms with E-state index in [9.17, 15) is 22.8 Å². The molecule has 0 saturated carbocycles. The summed E-state index contributed by atoms with van der Waals surface area (Å²) in [5.74, 6) is -1.97. The van der Waals surface area contributed by atoms with E-state index < -0.39 is 24.5 Å². The molecule has 0 aliphatic rings. The molecule has 1 aromatic carbocycles. The maximum Gasteiger partial charge on any atom is 0.422 e. The van der Waals surface area contributed by atoms with Gasteiger partial charge < -0.3 is 9.47 Å². The van der Waals surface area contributed by atoms with Crippen molar-refractivity contribution in [3.8, 4) is 5.75 Å². The molecule has 0 spiro atoms. The van der Waals surface area contributed by atoms with Gasteiger partial charge >= 0.3 is 12.1 Å². The molecule has 18 heavy (non-hydrogen) atoms. The first-order valence-electron chi connectivity index (χ1n) is 4.76. The summed E-state index contributed by atoms with van der Waals surface area (Å²) in [6, 6.07) is 4.71. The number of alkyl halides is 3. The smallest absolute Gasteiger partial charge is 0.422 e. The number of methoxy groups -OCH3 is 1. The number of hydrogen-bond donors (Lipinski definition) is 0. The lowest BCUT2D eigenvalue weighted by atomic mass is 10.1. The molecule has 1 aromatic rings. The van der Waals surface area contributed by atoms with Gasteiger partial charge in [0.1, 0.15) is 5.75 Å². The zero-order valence-corrected chi connectivity index (χ0v) is 9.28. The van der Waals surface area contributed by atoms with Crippen molar-refractivity contribution in [3.63, 3.8) is 0 Å². The summed E-state index contributed by atoms with van der Waals surface area (Å²) >= 11 is 0. The zero-order valence-electron chi connectivity index (χ0n) is 9.28. The first-order valence-corrected chi connectivity index (χ1v) is 4.76. The highest BCUT2D eigenvalue weighted by atomic mass is 19.4. The van der Waals surface area contributed by atoms with Gasteiger partial charge in [-0.3, -0.25) is 4.79 Å². The van der Waals surface area contributed by atoms with E-state index in [0.29, 0.717) is 0 Å². The third-order valence-corrected chi connectivity index (χ3v) is 1.89. The van der Waals surface area contributed by atoms with Crippen molar-refractivity contribution in [1.29, 1.82) is 0 Å². The monoisotopic (exact) mass is 262 g/mol. The van der Waals surface area contributed by atoms with E-state index in [-0.39, 0.29) is 11.3 Å². The van der Waals surface area contributed by atoms with Gasteiger partial charge in [0, 0.05) is 5.56 Å². The molecule has 0 aromatic heterocycles. The fourth-order valence-corrected chi connectivity index (χ4v) is 1.08. The van der Waals surface area contributed by atoms with E-state index in [2.05, 4.69) is 9.47 Å². The Morgan fingerprint density at radius 1 is 1.17 bits per heavy atom. The average Bonchev–Trinajstić information content (AvgIpc) is 2.34. The molecular weight excluding hydrogens is 253 g/mol. The van der Waals surface area contributed by atoms with Crippen LogP contribution in [-0.2, 0) is 9.53 Å². The zero-order chi connectivity index (χ0) is 13.8. The summed E-state index contributed by atoms with van der Waals surface area (Å²) in [4.78, 5) is 22.2. The minimum absolute atomic E-state index is 0.0150. The van der Waals surface area contributed by atoms with Crippen molar-refractivity contribution in [2.75, 3.05) is 13.7 Å². The maximum absolute atomic E-state index is 11.9. The maximum atomic E-state index is 11.9. The number of carbonyl (C=O) groups is 2. The Labute approximate surface area is 100 Å². The van der Waals surface area contributed by atoms with Gasteiger partial charge in [-0.2, -0.15) is 13.2 Å². The van der Waals surface area contributed by atoms with Crippen LogP contribution >= 0.6 is 0 Å². The summed E-state index contributed by atoms with van der Waals surface area (Å²) in [5.41, 5.74) is 0.0150. The van der Waals surface area contributed by atoms with Crippen LogP contribution in [0, 0.1) is 0 Å². The van der Waals surface area contributed by atoms with Crippen molar-refractivity contribution in [1.82, 2.24) is 0 Å². The molecule has 0 radical (unpaired) electrons. The van der Waals surface area contributed by atoms with Gasteiger partial charge in [-0.15, -0.1) is 0 Å². The van der Waals surface area contributed by atoms with E-state index >= 15 is 0 Å². The Bertz CT molecular complexity index is 437. The fraction of sp³-hybridized carbons (Fsp3) is 0.273. The molecule has 0 aliphatic carbocycles. The predicted molar refractivity (Wildman–Crippen MR) is 54.3 cm³/mol. The Hall–Kier alpha value is -2.05.